The van der Waals surface area contributed by atoms with E-state index in [2.05, 4.69) is 0 Å². The molecule has 0 atom stereocenters. The van der Waals surface area contributed by atoms with Gasteiger partial charge in [-0.3, -0.25) is 4.79 Å². The van der Waals surface area contributed by atoms with Crippen LogP contribution < -0.4 is 4.90 Å². The Morgan fingerprint density at radius 3 is 2.85 bits per heavy atom. The summed E-state index contributed by atoms with van der Waals surface area (Å²) in [7, 11) is 0. The van der Waals surface area contributed by atoms with Crippen molar-refractivity contribution in [2.75, 3.05) is 24.7 Å². The molecular formula is C14H13FN2O3. The van der Waals surface area contributed by atoms with Crippen LogP contribution in [-0.4, -0.2) is 25.7 Å². The number of hydrogen-bond acceptors (Lipinski definition) is 4. The van der Waals surface area contributed by atoms with Crippen LogP contribution in [0.25, 0.3) is 0 Å². The quantitative estimate of drug-likeness (QED) is 0.824. The fourth-order valence-corrected chi connectivity index (χ4v) is 2.60. The number of hydrogen-bond donors (Lipinski definition) is 0. The van der Waals surface area contributed by atoms with E-state index >= 15 is 0 Å². The van der Waals surface area contributed by atoms with E-state index in [1.807, 2.05) is 6.07 Å². The van der Waals surface area contributed by atoms with Crippen LogP contribution in [-0.2, 0) is 20.1 Å². The molecule has 1 spiro atoms. The molecule has 0 aliphatic carbocycles. The van der Waals surface area contributed by atoms with Gasteiger partial charge < -0.3 is 14.4 Å². The fourth-order valence-electron chi connectivity index (χ4n) is 2.60. The minimum atomic E-state index is -1.54. The number of rotatable bonds is 2. The summed E-state index contributed by atoms with van der Waals surface area (Å²) in [5.74, 6) is -2.37. The maximum Gasteiger partial charge on any atom is 0.292 e. The van der Waals surface area contributed by atoms with E-state index in [9.17, 15) is 9.18 Å². The zero-order valence-corrected chi connectivity index (χ0v) is 10.8. The van der Waals surface area contributed by atoms with Crippen molar-refractivity contribution < 1.29 is 18.7 Å². The smallest absolute Gasteiger partial charge is 0.292 e. The highest BCUT2D eigenvalue weighted by atomic mass is 19.1. The average Bonchev–Trinajstić information content (AvgIpc) is 2.68. The van der Waals surface area contributed by atoms with E-state index in [1.165, 1.54) is 23.1 Å². The van der Waals surface area contributed by atoms with Crippen molar-refractivity contribution in [2.45, 2.75) is 18.6 Å². The molecule has 0 radical (unpaired) electrons. The highest BCUT2D eigenvalue weighted by Gasteiger charge is 2.54. The van der Waals surface area contributed by atoms with Crippen LogP contribution >= 0.6 is 0 Å². The molecule has 104 valence electrons. The molecule has 0 saturated carbocycles. The number of nitrogens with zero attached hydrogens (tertiary/aromatic N) is 2. The molecule has 3 rings (SSSR count). The van der Waals surface area contributed by atoms with Gasteiger partial charge in [0.1, 0.15) is 5.82 Å². The van der Waals surface area contributed by atoms with Crippen molar-refractivity contribution in [1.82, 2.24) is 0 Å². The average molecular weight is 276 g/mol. The fraction of sp³-hybridized carbons (Fsp3) is 0.429. The van der Waals surface area contributed by atoms with Gasteiger partial charge >= 0.3 is 0 Å². The van der Waals surface area contributed by atoms with Crippen molar-refractivity contribution in [2.24, 2.45) is 0 Å². The normalized spacial score (nSPS) is 20.0. The van der Waals surface area contributed by atoms with Crippen molar-refractivity contribution in [3.05, 3.63) is 29.6 Å². The van der Waals surface area contributed by atoms with E-state index in [0.717, 1.165) is 0 Å². The number of benzene rings is 1. The third-order valence-corrected chi connectivity index (χ3v) is 3.48. The third-order valence-electron chi connectivity index (χ3n) is 3.48. The molecule has 0 aromatic heterocycles. The van der Waals surface area contributed by atoms with Crippen molar-refractivity contribution in [3.63, 3.8) is 0 Å². The standard InChI is InChI=1S/C14H13FN2O3/c15-10-3-4-12-11(9-10)14(19-7-2-8-20-14)13(18)17(12)6-1-5-16/h3-4,9H,1-2,6-8H2. The van der Waals surface area contributed by atoms with Crippen LogP contribution in [0.3, 0.4) is 0 Å². The van der Waals surface area contributed by atoms with E-state index in [4.69, 9.17) is 14.7 Å². The molecule has 2 aliphatic rings. The Kier molecular flexibility index (Phi) is 3.16. The summed E-state index contributed by atoms with van der Waals surface area (Å²) in [6, 6.07) is 6.08. The number of fused-ring (bicyclic) bond motifs is 2. The molecule has 0 N–H and O–H groups in total. The van der Waals surface area contributed by atoms with Gasteiger partial charge in [0.15, 0.2) is 0 Å². The Bertz CT molecular complexity index is 591. The van der Waals surface area contributed by atoms with E-state index in [-0.39, 0.29) is 18.9 Å². The van der Waals surface area contributed by atoms with Crippen LogP contribution in [0.5, 0.6) is 0 Å². The number of ether oxygens (including phenoxy) is 2. The third kappa shape index (κ3) is 1.79. The number of carbonyl (C=O) groups excluding carboxylic acids is 1. The molecule has 1 fully saturated rings. The summed E-state index contributed by atoms with van der Waals surface area (Å²) in [4.78, 5) is 14.0. The molecule has 1 amide bonds. The van der Waals surface area contributed by atoms with Crippen LogP contribution in [0, 0.1) is 17.1 Å². The summed E-state index contributed by atoms with van der Waals surface area (Å²) in [5.41, 5.74) is 0.939. The molecule has 1 aromatic rings. The van der Waals surface area contributed by atoms with Crippen molar-refractivity contribution in [1.29, 1.82) is 5.26 Å². The number of carbonyl (C=O) groups is 1. The first-order chi connectivity index (χ1) is 9.69. The Labute approximate surface area is 115 Å². The Morgan fingerprint density at radius 2 is 2.15 bits per heavy atom. The zero-order chi connectivity index (χ0) is 14.2. The summed E-state index contributed by atoms with van der Waals surface area (Å²) in [5, 5.41) is 8.70. The first kappa shape index (κ1) is 13.0. The van der Waals surface area contributed by atoms with E-state index in [0.29, 0.717) is 30.9 Å². The predicted octanol–water partition coefficient (Wildman–Crippen LogP) is 1.68. The highest BCUT2D eigenvalue weighted by Crippen LogP contribution is 2.45. The zero-order valence-electron chi connectivity index (χ0n) is 10.8. The molecule has 20 heavy (non-hydrogen) atoms. The van der Waals surface area contributed by atoms with Gasteiger partial charge in [-0.05, 0) is 24.6 Å². The second-order valence-electron chi connectivity index (χ2n) is 4.69. The van der Waals surface area contributed by atoms with Gasteiger partial charge in [0.05, 0.1) is 31.4 Å². The van der Waals surface area contributed by atoms with Gasteiger partial charge in [-0.2, -0.15) is 5.26 Å². The maximum atomic E-state index is 13.5. The predicted molar refractivity (Wildman–Crippen MR) is 67.2 cm³/mol. The Morgan fingerprint density at radius 1 is 1.40 bits per heavy atom. The van der Waals surface area contributed by atoms with Crippen LogP contribution in [0.4, 0.5) is 10.1 Å². The lowest BCUT2D eigenvalue weighted by Crippen LogP contribution is -2.47. The molecule has 0 unspecified atom stereocenters. The Hall–Kier alpha value is -1.97. The number of nitriles is 1. The topological polar surface area (TPSA) is 62.6 Å². The molecule has 1 aromatic carbocycles. The minimum Gasteiger partial charge on any atom is -0.338 e. The number of amides is 1. The molecule has 1 saturated heterocycles. The molecule has 6 heteroatoms. The van der Waals surface area contributed by atoms with Crippen LogP contribution in [0.1, 0.15) is 18.4 Å². The maximum absolute atomic E-state index is 13.5. The second kappa shape index (κ2) is 4.85. The number of anilines is 1. The lowest BCUT2D eigenvalue weighted by Gasteiger charge is -2.32. The monoisotopic (exact) mass is 276 g/mol. The van der Waals surface area contributed by atoms with Gasteiger partial charge in [-0.25, -0.2) is 4.39 Å². The molecule has 0 bridgehead atoms. The summed E-state index contributed by atoms with van der Waals surface area (Å²) in [6.45, 7) is 1.00. The van der Waals surface area contributed by atoms with Crippen molar-refractivity contribution >= 4 is 11.6 Å². The summed E-state index contributed by atoms with van der Waals surface area (Å²) < 4.78 is 24.6. The Balaban J connectivity index is 2.07. The van der Waals surface area contributed by atoms with E-state index < -0.39 is 11.6 Å². The molecule has 2 heterocycles. The minimum absolute atomic E-state index is 0.193. The second-order valence-corrected chi connectivity index (χ2v) is 4.69. The molecule has 5 nitrogen and oxygen atoms in total. The van der Waals surface area contributed by atoms with Gasteiger partial charge in [0.2, 0.25) is 0 Å². The van der Waals surface area contributed by atoms with Crippen LogP contribution in [0.2, 0.25) is 0 Å². The van der Waals surface area contributed by atoms with Gasteiger partial charge in [-0.1, -0.05) is 0 Å². The first-order valence-electron chi connectivity index (χ1n) is 6.46. The SMILES string of the molecule is N#CCCN1C(=O)C2(OCCCO2)c2cc(F)ccc21. The number of halogens is 1. The molecular weight excluding hydrogens is 263 g/mol. The largest absolute Gasteiger partial charge is 0.338 e. The van der Waals surface area contributed by atoms with Crippen LogP contribution in [0.15, 0.2) is 18.2 Å². The lowest BCUT2D eigenvalue weighted by molar-refractivity contribution is -0.256. The van der Waals surface area contributed by atoms with Gasteiger partial charge in [-0.15, -0.1) is 0 Å². The van der Waals surface area contributed by atoms with Gasteiger partial charge in [0, 0.05) is 12.1 Å². The van der Waals surface area contributed by atoms with Crippen molar-refractivity contribution in [3.8, 4) is 6.07 Å². The highest BCUT2D eigenvalue weighted by molar-refractivity contribution is 6.06. The summed E-state index contributed by atoms with van der Waals surface area (Å²) in [6.07, 6.45) is 0.885. The summed E-state index contributed by atoms with van der Waals surface area (Å²) >= 11 is 0. The lowest BCUT2D eigenvalue weighted by atomic mass is 10.1. The van der Waals surface area contributed by atoms with E-state index in [1.54, 1.807) is 0 Å². The van der Waals surface area contributed by atoms with Gasteiger partial charge in [0.25, 0.3) is 11.7 Å². The first-order valence-corrected chi connectivity index (χ1v) is 6.46. The molecule has 2 aliphatic heterocycles.